The number of ketones is 1. The fourth-order valence-corrected chi connectivity index (χ4v) is 3.04. The summed E-state index contributed by atoms with van der Waals surface area (Å²) in [7, 11) is 0. The van der Waals surface area contributed by atoms with Gasteiger partial charge < -0.3 is 14.4 Å². The molecule has 0 unspecified atom stereocenters. The number of rotatable bonds is 5. The Labute approximate surface area is 140 Å². The predicted octanol–water partition coefficient (Wildman–Crippen LogP) is 3.65. The predicted molar refractivity (Wildman–Crippen MR) is 90.3 cm³/mol. The topological polar surface area (TPSA) is 55.8 Å². The van der Waals surface area contributed by atoms with Crippen LogP contribution in [0.1, 0.15) is 61.8 Å². The molecule has 0 saturated carbocycles. The van der Waals surface area contributed by atoms with E-state index in [-0.39, 0.29) is 41.9 Å². The van der Waals surface area contributed by atoms with Crippen LogP contribution in [0.5, 0.6) is 0 Å². The second-order valence-electron chi connectivity index (χ2n) is 7.70. The van der Waals surface area contributed by atoms with E-state index in [4.69, 9.17) is 9.47 Å². The summed E-state index contributed by atoms with van der Waals surface area (Å²) in [6, 6.07) is 0.0334. The zero-order valence-corrected chi connectivity index (χ0v) is 15.8. The van der Waals surface area contributed by atoms with Crippen LogP contribution in [0.25, 0.3) is 0 Å². The quantitative estimate of drug-likeness (QED) is 0.773. The summed E-state index contributed by atoms with van der Waals surface area (Å²) in [6.45, 7) is 15.8. The molecule has 1 rings (SSSR count). The maximum absolute atomic E-state index is 12.5. The van der Waals surface area contributed by atoms with Crippen LogP contribution in [0, 0.1) is 11.8 Å². The third-order valence-corrected chi connectivity index (χ3v) is 4.30. The van der Waals surface area contributed by atoms with E-state index in [1.807, 2.05) is 55.4 Å². The Morgan fingerprint density at radius 3 is 1.96 bits per heavy atom. The zero-order chi connectivity index (χ0) is 17.9. The summed E-state index contributed by atoms with van der Waals surface area (Å²) in [5, 5.41) is 0. The van der Waals surface area contributed by atoms with Gasteiger partial charge in [0.1, 0.15) is 6.10 Å². The van der Waals surface area contributed by atoms with Gasteiger partial charge in [0.15, 0.2) is 11.9 Å². The van der Waals surface area contributed by atoms with Crippen molar-refractivity contribution in [2.24, 2.45) is 11.8 Å². The fraction of sp³-hybridized carbons (Fsp3) is 0.889. The van der Waals surface area contributed by atoms with E-state index < -0.39 is 12.2 Å². The van der Waals surface area contributed by atoms with Crippen LogP contribution in [-0.4, -0.2) is 47.2 Å². The Bertz CT molecular complexity index is 409. The highest BCUT2D eigenvalue weighted by Crippen LogP contribution is 2.29. The average Bonchev–Trinajstić information content (AvgIpc) is 2.39. The van der Waals surface area contributed by atoms with Gasteiger partial charge >= 0.3 is 6.09 Å². The molecule has 0 aromatic heterocycles. The van der Waals surface area contributed by atoms with Gasteiger partial charge in [0.2, 0.25) is 0 Å². The van der Waals surface area contributed by atoms with Gasteiger partial charge in [0.25, 0.3) is 0 Å². The molecule has 0 aromatic rings. The van der Waals surface area contributed by atoms with Gasteiger partial charge in [0, 0.05) is 18.5 Å². The van der Waals surface area contributed by atoms with Crippen LogP contribution in [0.3, 0.4) is 0 Å². The highest BCUT2D eigenvalue weighted by atomic mass is 16.6. The molecule has 1 fully saturated rings. The van der Waals surface area contributed by atoms with Gasteiger partial charge in [-0.2, -0.15) is 0 Å². The van der Waals surface area contributed by atoms with Crippen LogP contribution in [0.2, 0.25) is 0 Å². The first kappa shape index (κ1) is 19.9. The van der Waals surface area contributed by atoms with Crippen LogP contribution >= 0.6 is 0 Å². The number of carbonyl (C=O) groups is 2. The minimum atomic E-state index is -0.808. The molecule has 3 atom stereocenters. The number of ether oxygens (including phenoxy) is 2. The van der Waals surface area contributed by atoms with Crippen LogP contribution in [0.15, 0.2) is 0 Å². The van der Waals surface area contributed by atoms with Gasteiger partial charge in [0.05, 0.1) is 6.10 Å². The fourth-order valence-electron chi connectivity index (χ4n) is 3.04. The molecule has 0 bridgehead atoms. The smallest absolute Gasteiger partial charge is 0.411 e. The molecule has 0 spiro atoms. The molecule has 1 aliphatic heterocycles. The van der Waals surface area contributed by atoms with E-state index in [9.17, 15) is 9.59 Å². The maximum atomic E-state index is 12.5. The summed E-state index contributed by atoms with van der Waals surface area (Å²) >= 11 is 0. The molecule has 0 aromatic carbocycles. The highest BCUT2D eigenvalue weighted by Gasteiger charge is 2.43. The maximum Gasteiger partial charge on any atom is 0.411 e. The molecule has 23 heavy (non-hydrogen) atoms. The average molecular weight is 327 g/mol. The molecule has 0 radical (unpaired) electrons. The molecule has 0 N–H and O–H groups in total. The molecular formula is C18H33NO4. The standard InChI is InChI=1S/C18H33NO4/c1-10(2)15-9-14(20)17(16(22-15)11(3)4)23-18(21)19(12(5)6)13(7)8/h10-13,15-17H,9H2,1-8H3/t15-,16-,17-/m1/s1. The Balaban J connectivity index is 2.91. The lowest BCUT2D eigenvalue weighted by Crippen LogP contribution is -2.53. The van der Waals surface area contributed by atoms with Crippen molar-refractivity contribution in [3.63, 3.8) is 0 Å². The van der Waals surface area contributed by atoms with Crippen molar-refractivity contribution in [1.29, 1.82) is 0 Å². The second kappa shape index (κ2) is 8.13. The van der Waals surface area contributed by atoms with Crippen molar-refractivity contribution in [1.82, 2.24) is 4.90 Å². The van der Waals surface area contributed by atoms with Gasteiger partial charge in [-0.3, -0.25) is 4.79 Å². The lowest BCUT2D eigenvalue weighted by Gasteiger charge is -2.40. The molecule has 5 heteroatoms. The van der Waals surface area contributed by atoms with Crippen LogP contribution in [0.4, 0.5) is 4.79 Å². The van der Waals surface area contributed by atoms with E-state index >= 15 is 0 Å². The monoisotopic (exact) mass is 327 g/mol. The Morgan fingerprint density at radius 1 is 1.04 bits per heavy atom. The lowest BCUT2D eigenvalue weighted by atomic mass is 9.89. The third kappa shape index (κ3) is 4.93. The summed E-state index contributed by atoms with van der Waals surface area (Å²) < 4.78 is 11.7. The van der Waals surface area contributed by atoms with Crippen molar-refractivity contribution in [3.8, 4) is 0 Å². The molecule has 0 aliphatic carbocycles. The van der Waals surface area contributed by atoms with E-state index in [0.717, 1.165) is 0 Å². The highest BCUT2D eigenvalue weighted by molar-refractivity contribution is 5.87. The molecule has 5 nitrogen and oxygen atoms in total. The normalized spacial score (nSPS) is 25.6. The van der Waals surface area contributed by atoms with E-state index in [1.54, 1.807) is 4.90 Å². The van der Waals surface area contributed by atoms with Crippen LogP contribution < -0.4 is 0 Å². The van der Waals surface area contributed by atoms with Crippen molar-refractivity contribution in [2.75, 3.05) is 0 Å². The van der Waals surface area contributed by atoms with Crippen molar-refractivity contribution < 1.29 is 19.1 Å². The van der Waals surface area contributed by atoms with E-state index in [2.05, 4.69) is 0 Å². The SMILES string of the molecule is CC(C)[C@H]1O[C@@H](C(C)C)CC(=O)[C@H]1OC(=O)N(C(C)C)C(C)C. The number of hydrogen-bond donors (Lipinski definition) is 0. The summed E-state index contributed by atoms with van der Waals surface area (Å²) in [4.78, 5) is 26.7. The molecule has 1 heterocycles. The van der Waals surface area contributed by atoms with Gasteiger partial charge in [-0.15, -0.1) is 0 Å². The first-order valence-corrected chi connectivity index (χ1v) is 8.73. The Morgan fingerprint density at radius 2 is 1.57 bits per heavy atom. The number of carbonyl (C=O) groups excluding carboxylic acids is 2. The van der Waals surface area contributed by atoms with E-state index in [0.29, 0.717) is 6.42 Å². The summed E-state index contributed by atoms with van der Waals surface area (Å²) in [5.41, 5.74) is 0. The van der Waals surface area contributed by atoms with Gasteiger partial charge in [-0.25, -0.2) is 4.79 Å². The van der Waals surface area contributed by atoms with Gasteiger partial charge in [-0.05, 0) is 39.5 Å². The Hall–Kier alpha value is -1.10. The summed E-state index contributed by atoms with van der Waals surface area (Å²) in [6.07, 6.45) is -1.42. The molecule has 1 amide bonds. The largest absolute Gasteiger partial charge is 0.435 e. The third-order valence-electron chi connectivity index (χ3n) is 4.30. The molecular weight excluding hydrogens is 294 g/mol. The first-order chi connectivity index (χ1) is 10.6. The van der Waals surface area contributed by atoms with E-state index in [1.165, 1.54) is 0 Å². The second-order valence-corrected chi connectivity index (χ2v) is 7.70. The zero-order valence-electron chi connectivity index (χ0n) is 15.8. The first-order valence-electron chi connectivity index (χ1n) is 8.73. The number of nitrogens with zero attached hydrogens (tertiary/aromatic N) is 1. The Kier molecular flexibility index (Phi) is 7.05. The molecule has 1 aliphatic rings. The summed E-state index contributed by atoms with van der Waals surface area (Å²) in [5.74, 6) is 0.332. The number of hydrogen-bond acceptors (Lipinski definition) is 4. The molecule has 1 saturated heterocycles. The minimum Gasteiger partial charge on any atom is -0.435 e. The minimum absolute atomic E-state index is 0.0167. The van der Waals surface area contributed by atoms with Gasteiger partial charge in [-0.1, -0.05) is 27.7 Å². The lowest BCUT2D eigenvalue weighted by molar-refractivity contribution is -0.171. The van der Waals surface area contributed by atoms with Crippen molar-refractivity contribution in [3.05, 3.63) is 0 Å². The number of amides is 1. The number of Topliss-reactive ketones (excluding diaryl/α,β-unsaturated/α-hetero) is 1. The van der Waals surface area contributed by atoms with Crippen molar-refractivity contribution in [2.45, 2.75) is 92.2 Å². The molecule has 134 valence electrons. The van der Waals surface area contributed by atoms with Crippen LogP contribution in [-0.2, 0) is 14.3 Å². The van der Waals surface area contributed by atoms with Crippen molar-refractivity contribution >= 4 is 11.9 Å².